The zero-order valence-corrected chi connectivity index (χ0v) is 11.3. The van der Waals surface area contributed by atoms with Gasteiger partial charge in [-0.25, -0.2) is 0 Å². The Morgan fingerprint density at radius 1 is 0.737 bits per heavy atom. The van der Waals surface area contributed by atoms with Gasteiger partial charge in [-0.1, -0.05) is 60.7 Å². The van der Waals surface area contributed by atoms with Crippen molar-refractivity contribution in [2.45, 2.75) is 10.9 Å². The summed E-state index contributed by atoms with van der Waals surface area (Å²) in [6.07, 6.45) is -4.50. The van der Waals surface area contributed by atoms with Gasteiger partial charge >= 0.3 is 6.18 Å². The van der Waals surface area contributed by atoms with E-state index in [-0.39, 0.29) is 22.1 Å². The molecule has 0 atom stereocenters. The lowest BCUT2D eigenvalue weighted by Gasteiger charge is -2.33. The molecule has 0 radical (unpaired) electrons. The van der Waals surface area contributed by atoms with E-state index in [1.165, 1.54) is 24.3 Å². The highest BCUT2D eigenvalue weighted by atomic mass is 35.7. The molecule has 0 saturated heterocycles. The topological polar surface area (TPSA) is 0 Å². The summed E-state index contributed by atoms with van der Waals surface area (Å²) in [5.74, 6) is 0. The lowest BCUT2D eigenvalue weighted by molar-refractivity contribution is -0.151. The van der Waals surface area contributed by atoms with Gasteiger partial charge in [0, 0.05) is 0 Å². The monoisotopic (exact) mass is 302 g/mol. The molecule has 0 amide bonds. The maximum atomic E-state index is 13.6. The fraction of sp³-hybridized carbons (Fsp3) is 0.143. The third kappa shape index (κ3) is 2.47. The Morgan fingerprint density at radius 3 is 1.37 bits per heavy atom. The van der Waals surface area contributed by atoms with E-state index in [1.807, 2.05) is 0 Å². The zero-order valence-electron chi connectivity index (χ0n) is 9.69. The maximum Gasteiger partial charge on any atom is 0.412 e. The number of benzene rings is 2. The van der Waals surface area contributed by atoms with Crippen molar-refractivity contribution in [3.8, 4) is 0 Å². The molecule has 0 aliphatic rings. The number of hydrogen-bond donors (Lipinski definition) is 0. The SMILES string of the molecule is FC(F)(F)C(SCl)(c1ccccc1)c1ccccc1. The van der Waals surface area contributed by atoms with Crippen LogP contribution in [0.3, 0.4) is 0 Å². The van der Waals surface area contributed by atoms with Gasteiger partial charge in [-0.3, -0.25) is 0 Å². The third-order valence-corrected chi connectivity index (χ3v) is 4.50. The summed E-state index contributed by atoms with van der Waals surface area (Å²) in [7, 11) is 5.95. The van der Waals surface area contributed by atoms with Crippen molar-refractivity contribution in [3.05, 3.63) is 71.8 Å². The first-order chi connectivity index (χ1) is 9.02. The van der Waals surface area contributed by atoms with Crippen molar-refractivity contribution in [2.24, 2.45) is 0 Å². The van der Waals surface area contributed by atoms with E-state index in [2.05, 4.69) is 0 Å². The fourth-order valence-corrected chi connectivity index (χ4v) is 3.31. The summed E-state index contributed by atoms with van der Waals surface area (Å²) in [6, 6.07) is 15.4. The minimum absolute atomic E-state index is 0.119. The van der Waals surface area contributed by atoms with Gasteiger partial charge in [0.25, 0.3) is 0 Å². The van der Waals surface area contributed by atoms with E-state index in [1.54, 1.807) is 36.4 Å². The lowest BCUT2D eigenvalue weighted by Crippen LogP contribution is -2.39. The van der Waals surface area contributed by atoms with Crippen LogP contribution < -0.4 is 0 Å². The van der Waals surface area contributed by atoms with Gasteiger partial charge in [-0.05, 0) is 32.8 Å². The molecule has 0 aromatic heterocycles. The molecule has 100 valence electrons. The predicted molar refractivity (Wildman–Crippen MR) is 73.2 cm³/mol. The van der Waals surface area contributed by atoms with Crippen LogP contribution in [-0.4, -0.2) is 6.18 Å². The Labute approximate surface area is 118 Å². The number of alkyl halides is 3. The van der Waals surface area contributed by atoms with Gasteiger partial charge in [0.1, 0.15) is 0 Å². The standard InChI is InChI=1S/C14H10ClF3S/c15-19-13(14(16,17)18,11-7-3-1-4-8-11)12-9-5-2-6-10-12/h1-10H. The van der Waals surface area contributed by atoms with Crippen molar-refractivity contribution in [1.29, 1.82) is 0 Å². The molecule has 0 saturated carbocycles. The second kappa shape index (κ2) is 5.47. The Hall–Kier alpha value is -1.13. The van der Waals surface area contributed by atoms with Crippen LogP contribution in [0.25, 0.3) is 0 Å². The molecule has 0 nitrogen and oxygen atoms in total. The highest BCUT2D eigenvalue weighted by Gasteiger charge is 2.57. The van der Waals surface area contributed by atoms with Gasteiger partial charge in [-0.2, -0.15) is 13.2 Å². The van der Waals surface area contributed by atoms with Crippen LogP contribution in [0, 0.1) is 0 Å². The summed E-state index contributed by atoms with van der Waals surface area (Å²) < 4.78 is 38.7. The van der Waals surface area contributed by atoms with Crippen LogP contribution in [0.1, 0.15) is 11.1 Å². The third-order valence-electron chi connectivity index (χ3n) is 2.88. The number of hydrogen-bond acceptors (Lipinski definition) is 1. The Morgan fingerprint density at radius 2 is 1.11 bits per heavy atom. The average molecular weight is 303 g/mol. The van der Waals surface area contributed by atoms with Gasteiger partial charge < -0.3 is 0 Å². The van der Waals surface area contributed by atoms with E-state index in [4.69, 9.17) is 10.7 Å². The minimum Gasteiger partial charge on any atom is -0.169 e. The van der Waals surface area contributed by atoms with Crippen molar-refractivity contribution < 1.29 is 13.2 Å². The van der Waals surface area contributed by atoms with Gasteiger partial charge in [0.05, 0.1) is 0 Å². The molecule has 0 fully saturated rings. The molecular formula is C14H10ClF3S. The average Bonchev–Trinajstić information content (AvgIpc) is 2.41. The van der Waals surface area contributed by atoms with Gasteiger partial charge in [0.2, 0.25) is 0 Å². The summed E-state index contributed by atoms with van der Waals surface area (Å²) in [4.78, 5) is 0. The largest absolute Gasteiger partial charge is 0.412 e. The first-order valence-corrected chi connectivity index (χ1v) is 7.14. The number of halogens is 4. The molecule has 0 heterocycles. The molecule has 0 aliphatic heterocycles. The summed E-state index contributed by atoms with van der Waals surface area (Å²) in [5.41, 5.74) is 0.238. The predicted octanol–water partition coefficient (Wildman–Crippen LogP) is 5.38. The van der Waals surface area contributed by atoms with Gasteiger partial charge in [0.15, 0.2) is 4.75 Å². The Bertz CT molecular complexity index is 486. The molecule has 19 heavy (non-hydrogen) atoms. The number of rotatable bonds is 3. The summed E-state index contributed by atoms with van der Waals surface area (Å²) in [5, 5.41) is 0. The molecule has 0 N–H and O–H groups in total. The Kier molecular flexibility index (Phi) is 4.11. The molecule has 2 aromatic carbocycles. The summed E-state index contributed by atoms with van der Waals surface area (Å²) >= 11 is 0. The molecule has 0 aliphatic carbocycles. The summed E-state index contributed by atoms with van der Waals surface area (Å²) in [6.45, 7) is 0. The van der Waals surface area contributed by atoms with Crippen LogP contribution >= 0.6 is 21.7 Å². The van der Waals surface area contributed by atoms with Crippen molar-refractivity contribution in [1.82, 2.24) is 0 Å². The molecule has 5 heteroatoms. The molecule has 2 rings (SSSR count). The van der Waals surface area contributed by atoms with E-state index < -0.39 is 10.9 Å². The first kappa shape index (κ1) is 14.3. The fourth-order valence-electron chi connectivity index (χ4n) is 1.97. The Balaban J connectivity index is 2.70. The molecule has 0 unspecified atom stereocenters. The minimum atomic E-state index is -4.50. The highest BCUT2D eigenvalue weighted by molar-refractivity contribution is 8.22. The van der Waals surface area contributed by atoms with Crippen molar-refractivity contribution >= 4 is 21.7 Å². The van der Waals surface area contributed by atoms with E-state index in [0.29, 0.717) is 0 Å². The van der Waals surface area contributed by atoms with Crippen molar-refractivity contribution in [2.75, 3.05) is 0 Å². The van der Waals surface area contributed by atoms with Gasteiger partial charge in [-0.15, -0.1) is 0 Å². The molecule has 0 spiro atoms. The highest BCUT2D eigenvalue weighted by Crippen LogP contribution is 2.55. The second-order valence-electron chi connectivity index (χ2n) is 3.99. The molecule has 2 aromatic rings. The first-order valence-electron chi connectivity index (χ1n) is 5.50. The van der Waals surface area contributed by atoms with Crippen LogP contribution in [0.2, 0.25) is 0 Å². The molecule has 0 bridgehead atoms. The normalized spacial score (nSPS) is 12.4. The lowest BCUT2D eigenvalue weighted by atomic mass is 9.89. The van der Waals surface area contributed by atoms with Crippen molar-refractivity contribution in [3.63, 3.8) is 0 Å². The van der Waals surface area contributed by atoms with E-state index in [0.717, 1.165) is 0 Å². The maximum absolute atomic E-state index is 13.6. The quantitative estimate of drug-likeness (QED) is 0.733. The van der Waals surface area contributed by atoms with E-state index in [9.17, 15) is 13.2 Å². The second-order valence-corrected chi connectivity index (χ2v) is 5.22. The van der Waals surface area contributed by atoms with Crippen LogP contribution in [0.4, 0.5) is 13.2 Å². The zero-order chi connectivity index (χ0) is 13.9. The van der Waals surface area contributed by atoms with Crippen LogP contribution in [0.15, 0.2) is 60.7 Å². The van der Waals surface area contributed by atoms with Crippen LogP contribution in [-0.2, 0) is 4.75 Å². The van der Waals surface area contributed by atoms with E-state index >= 15 is 0 Å². The smallest absolute Gasteiger partial charge is 0.169 e. The van der Waals surface area contributed by atoms with Crippen LogP contribution in [0.5, 0.6) is 0 Å². The molecular weight excluding hydrogens is 293 g/mol.